The SMILES string of the molecule is Cc1nccc(N(CC(N)=O)Cc2ccc(N)cc2)n1. The second kappa shape index (κ2) is 6.01. The zero-order valence-corrected chi connectivity index (χ0v) is 11.3. The van der Waals surface area contributed by atoms with Crippen molar-refractivity contribution in [2.24, 2.45) is 5.73 Å². The first kappa shape index (κ1) is 13.8. The number of benzene rings is 1. The molecule has 20 heavy (non-hydrogen) atoms. The van der Waals surface area contributed by atoms with Gasteiger partial charge in [-0.1, -0.05) is 12.1 Å². The first-order valence-corrected chi connectivity index (χ1v) is 6.22. The van der Waals surface area contributed by atoms with Gasteiger partial charge in [0.15, 0.2) is 0 Å². The third kappa shape index (κ3) is 3.68. The highest BCUT2D eigenvalue weighted by atomic mass is 16.1. The number of nitrogens with two attached hydrogens (primary N) is 2. The molecule has 104 valence electrons. The van der Waals surface area contributed by atoms with Crippen molar-refractivity contribution < 1.29 is 4.79 Å². The Kier molecular flexibility index (Phi) is 4.14. The minimum atomic E-state index is -0.406. The van der Waals surface area contributed by atoms with Crippen molar-refractivity contribution in [2.45, 2.75) is 13.5 Å². The van der Waals surface area contributed by atoms with Crippen molar-refractivity contribution >= 4 is 17.4 Å². The van der Waals surface area contributed by atoms with Gasteiger partial charge in [-0.25, -0.2) is 9.97 Å². The molecule has 1 heterocycles. The monoisotopic (exact) mass is 271 g/mol. The molecule has 2 rings (SSSR count). The largest absolute Gasteiger partial charge is 0.399 e. The molecule has 0 aliphatic rings. The topological polar surface area (TPSA) is 98.1 Å². The van der Waals surface area contributed by atoms with E-state index in [9.17, 15) is 4.79 Å². The van der Waals surface area contributed by atoms with E-state index in [4.69, 9.17) is 11.5 Å². The summed E-state index contributed by atoms with van der Waals surface area (Å²) in [7, 11) is 0. The Hall–Kier alpha value is -2.63. The average Bonchev–Trinajstić information content (AvgIpc) is 2.40. The molecule has 4 N–H and O–H groups in total. The van der Waals surface area contributed by atoms with Gasteiger partial charge in [0.25, 0.3) is 0 Å². The number of nitrogens with zero attached hydrogens (tertiary/aromatic N) is 3. The number of carbonyl (C=O) groups excluding carboxylic acids is 1. The molecular weight excluding hydrogens is 254 g/mol. The summed E-state index contributed by atoms with van der Waals surface area (Å²) in [5.41, 5.74) is 12.7. The number of aryl methyl sites for hydroxylation is 1. The third-order valence-electron chi connectivity index (χ3n) is 2.79. The maximum atomic E-state index is 11.2. The number of aromatic nitrogens is 2. The highest BCUT2D eigenvalue weighted by molar-refractivity contribution is 5.79. The normalized spacial score (nSPS) is 10.2. The van der Waals surface area contributed by atoms with Gasteiger partial charge in [-0.05, 0) is 30.7 Å². The summed E-state index contributed by atoms with van der Waals surface area (Å²) in [6, 6.07) is 9.23. The summed E-state index contributed by atoms with van der Waals surface area (Å²) in [5.74, 6) is 0.916. The summed E-state index contributed by atoms with van der Waals surface area (Å²) in [6.45, 7) is 2.43. The van der Waals surface area contributed by atoms with Crippen LogP contribution in [0.1, 0.15) is 11.4 Å². The van der Waals surface area contributed by atoms with Gasteiger partial charge in [0.2, 0.25) is 5.91 Å². The molecule has 0 fully saturated rings. The maximum Gasteiger partial charge on any atom is 0.237 e. The smallest absolute Gasteiger partial charge is 0.237 e. The molecule has 1 amide bonds. The van der Waals surface area contributed by atoms with Gasteiger partial charge in [-0.3, -0.25) is 4.79 Å². The van der Waals surface area contributed by atoms with Gasteiger partial charge in [-0.2, -0.15) is 0 Å². The Morgan fingerprint density at radius 1 is 1.25 bits per heavy atom. The number of carbonyl (C=O) groups is 1. The van der Waals surface area contributed by atoms with E-state index < -0.39 is 5.91 Å². The lowest BCUT2D eigenvalue weighted by atomic mass is 10.2. The molecule has 0 radical (unpaired) electrons. The van der Waals surface area contributed by atoms with Crippen LogP contribution in [0.25, 0.3) is 0 Å². The van der Waals surface area contributed by atoms with E-state index in [0.29, 0.717) is 23.9 Å². The second-order valence-corrected chi connectivity index (χ2v) is 4.53. The first-order chi connectivity index (χ1) is 9.54. The highest BCUT2D eigenvalue weighted by Crippen LogP contribution is 2.15. The van der Waals surface area contributed by atoms with E-state index in [2.05, 4.69) is 9.97 Å². The van der Waals surface area contributed by atoms with Crippen LogP contribution in [-0.4, -0.2) is 22.4 Å². The van der Waals surface area contributed by atoms with E-state index in [-0.39, 0.29) is 6.54 Å². The molecule has 6 nitrogen and oxygen atoms in total. The molecule has 0 spiro atoms. The molecule has 0 saturated carbocycles. The van der Waals surface area contributed by atoms with Gasteiger partial charge >= 0.3 is 0 Å². The molecule has 0 saturated heterocycles. The second-order valence-electron chi connectivity index (χ2n) is 4.53. The molecular formula is C14H17N5O. The molecule has 6 heteroatoms. The standard InChI is InChI=1S/C14H17N5O/c1-10-17-7-6-14(18-10)19(9-13(16)20)8-11-2-4-12(15)5-3-11/h2-7H,8-9,15H2,1H3,(H2,16,20). The fraction of sp³-hybridized carbons (Fsp3) is 0.214. The summed E-state index contributed by atoms with van der Waals surface area (Å²) < 4.78 is 0. The summed E-state index contributed by atoms with van der Waals surface area (Å²) in [6.07, 6.45) is 1.66. The highest BCUT2D eigenvalue weighted by Gasteiger charge is 2.12. The van der Waals surface area contributed by atoms with Crippen LogP contribution < -0.4 is 16.4 Å². The third-order valence-corrected chi connectivity index (χ3v) is 2.79. The van der Waals surface area contributed by atoms with Gasteiger partial charge in [0, 0.05) is 18.4 Å². The molecule has 0 atom stereocenters. The van der Waals surface area contributed by atoms with Crippen LogP contribution in [0.4, 0.5) is 11.5 Å². The summed E-state index contributed by atoms with van der Waals surface area (Å²) >= 11 is 0. The lowest BCUT2D eigenvalue weighted by Gasteiger charge is -2.22. The maximum absolute atomic E-state index is 11.2. The van der Waals surface area contributed by atoms with Gasteiger partial charge in [-0.15, -0.1) is 0 Å². The quantitative estimate of drug-likeness (QED) is 0.786. The van der Waals surface area contributed by atoms with Crippen LogP contribution in [0.2, 0.25) is 0 Å². The Bertz CT molecular complexity index is 597. The van der Waals surface area contributed by atoms with Gasteiger partial charge in [0.05, 0.1) is 6.54 Å². The zero-order chi connectivity index (χ0) is 14.5. The van der Waals surface area contributed by atoms with Crippen molar-refractivity contribution in [2.75, 3.05) is 17.2 Å². The molecule has 2 aromatic rings. The average molecular weight is 271 g/mol. The zero-order valence-electron chi connectivity index (χ0n) is 11.3. The Morgan fingerprint density at radius 3 is 2.55 bits per heavy atom. The number of hydrogen-bond acceptors (Lipinski definition) is 5. The molecule has 0 aliphatic heterocycles. The van der Waals surface area contributed by atoms with Crippen molar-refractivity contribution in [1.29, 1.82) is 0 Å². The summed E-state index contributed by atoms with van der Waals surface area (Å²) in [4.78, 5) is 21.4. The van der Waals surface area contributed by atoms with Crippen molar-refractivity contribution in [3.8, 4) is 0 Å². The predicted octanol–water partition coefficient (Wildman–Crippen LogP) is 0.859. The van der Waals surface area contributed by atoms with Gasteiger partial charge < -0.3 is 16.4 Å². The van der Waals surface area contributed by atoms with Crippen LogP contribution in [-0.2, 0) is 11.3 Å². The van der Waals surface area contributed by atoms with E-state index in [0.717, 1.165) is 5.56 Å². The molecule has 0 unspecified atom stereocenters. The number of anilines is 2. The lowest BCUT2D eigenvalue weighted by molar-refractivity contribution is -0.116. The number of amides is 1. The van der Waals surface area contributed by atoms with Gasteiger partial charge in [0.1, 0.15) is 11.6 Å². The molecule has 1 aromatic carbocycles. The number of nitrogen functional groups attached to an aromatic ring is 1. The van der Waals surface area contributed by atoms with Crippen molar-refractivity contribution in [3.05, 3.63) is 47.9 Å². The lowest BCUT2D eigenvalue weighted by Crippen LogP contribution is -2.34. The minimum absolute atomic E-state index is 0.0980. The fourth-order valence-corrected chi connectivity index (χ4v) is 1.87. The van der Waals surface area contributed by atoms with E-state index in [1.807, 2.05) is 29.2 Å². The Labute approximate surface area is 117 Å². The van der Waals surface area contributed by atoms with E-state index in [1.54, 1.807) is 19.2 Å². The minimum Gasteiger partial charge on any atom is -0.399 e. The Balaban J connectivity index is 2.23. The van der Waals surface area contributed by atoms with Crippen molar-refractivity contribution in [3.63, 3.8) is 0 Å². The van der Waals surface area contributed by atoms with Crippen LogP contribution in [0, 0.1) is 6.92 Å². The van der Waals surface area contributed by atoms with Crippen LogP contribution in [0.3, 0.4) is 0 Å². The van der Waals surface area contributed by atoms with E-state index in [1.165, 1.54) is 0 Å². The first-order valence-electron chi connectivity index (χ1n) is 6.22. The Morgan fingerprint density at radius 2 is 1.95 bits per heavy atom. The van der Waals surface area contributed by atoms with E-state index >= 15 is 0 Å². The summed E-state index contributed by atoms with van der Waals surface area (Å²) in [5, 5.41) is 0. The molecule has 1 aromatic heterocycles. The molecule has 0 bridgehead atoms. The fourth-order valence-electron chi connectivity index (χ4n) is 1.87. The van der Waals surface area contributed by atoms with Crippen LogP contribution in [0.5, 0.6) is 0 Å². The van der Waals surface area contributed by atoms with Crippen molar-refractivity contribution in [1.82, 2.24) is 9.97 Å². The van der Waals surface area contributed by atoms with Crippen LogP contribution >= 0.6 is 0 Å². The van der Waals surface area contributed by atoms with Crippen LogP contribution in [0.15, 0.2) is 36.5 Å². The molecule has 0 aliphatic carbocycles. The number of hydrogen-bond donors (Lipinski definition) is 2. The number of primary amides is 1. The predicted molar refractivity (Wildman–Crippen MR) is 77.9 cm³/mol. The number of rotatable bonds is 5.